The van der Waals surface area contributed by atoms with Crippen molar-refractivity contribution in [2.75, 3.05) is 0 Å². The molecular weight excluding hydrogens is 304 g/mol. The second-order valence-corrected chi connectivity index (χ2v) is 6.87. The minimum atomic E-state index is -0.617. The summed E-state index contributed by atoms with van der Waals surface area (Å²) in [6.07, 6.45) is 2.28. The number of rotatable bonds is 3. The maximum Gasteiger partial charge on any atom is 0.259 e. The van der Waals surface area contributed by atoms with E-state index in [1.807, 2.05) is 18.2 Å². The minimum Gasteiger partial charge on any atom is -0.302 e. The van der Waals surface area contributed by atoms with Gasteiger partial charge in [0.25, 0.3) is 5.56 Å². The monoisotopic (exact) mass is 326 g/mol. The molecule has 2 unspecified atom stereocenters. The number of pyridine rings is 1. The first-order chi connectivity index (χ1) is 11.4. The minimum absolute atomic E-state index is 0.189. The molecule has 2 aromatic rings. The number of carbonyl (C=O) groups is 2. The van der Waals surface area contributed by atoms with Crippen molar-refractivity contribution in [2.24, 2.45) is 5.92 Å². The van der Waals surface area contributed by atoms with E-state index in [1.54, 1.807) is 6.20 Å². The number of carbonyl (C=O) groups excluding carboxylic acids is 2. The van der Waals surface area contributed by atoms with Gasteiger partial charge in [-0.1, -0.05) is 32.9 Å². The Kier molecular flexibility index (Phi) is 4.26. The van der Waals surface area contributed by atoms with Crippen molar-refractivity contribution in [1.82, 2.24) is 9.88 Å². The third kappa shape index (κ3) is 2.86. The Labute approximate surface area is 140 Å². The third-order valence-electron chi connectivity index (χ3n) is 5.03. The van der Waals surface area contributed by atoms with Gasteiger partial charge in [-0.05, 0) is 41.3 Å². The van der Waals surface area contributed by atoms with Crippen molar-refractivity contribution >= 4 is 22.6 Å². The largest absolute Gasteiger partial charge is 0.302 e. The summed E-state index contributed by atoms with van der Waals surface area (Å²) in [5.74, 6) is 0.244. The topological polar surface area (TPSA) is 68.2 Å². The summed E-state index contributed by atoms with van der Waals surface area (Å²) in [7, 11) is 0. The second-order valence-electron chi connectivity index (χ2n) is 6.87. The lowest BCUT2D eigenvalue weighted by molar-refractivity contribution is -0.135. The fourth-order valence-electron chi connectivity index (χ4n) is 3.14. The third-order valence-corrected chi connectivity index (χ3v) is 5.03. The van der Waals surface area contributed by atoms with Crippen LogP contribution < -0.4 is 10.9 Å². The van der Waals surface area contributed by atoms with E-state index >= 15 is 0 Å². The molecule has 1 fully saturated rings. The number of benzene rings is 1. The van der Waals surface area contributed by atoms with Gasteiger partial charge in [0.15, 0.2) is 0 Å². The maximum atomic E-state index is 12.8. The standard InChI is InChI=1S/C19H22N2O3/c1-11(2)12(3)13-4-5-15-14(10-13)8-9-21(19(15)24)16-6-7-17(22)20-18(16)23/h4-5,8-12,16H,6-7H2,1-3H3,(H,20,22,23). The number of imide groups is 1. The molecule has 5 nitrogen and oxygen atoms in total. The predicted molar refractivity (Wildman–Crippen MR) is 92.9 cm³/mol. The van der Waals surface area contributed by atoms with Crippen LogP contribution in [0, 0.1) is 5.92 Å². The first-order valence-electron chi connectivity index (χ1n) is 8.37. The van der Waals surface area contributed by atoms with E-state index in [0.29, 0.717) is 23.6 Å². The quantitative estimate of drug-likeness (QED) is 0.882. The van der Waals surface area contributed by atoms with Gasteiger partial charge in [0.05, 0.1) is 0 Å². The van der Waals surface area contributed by atoms with Crippen molar-refractivity contribution in [3.05, 3.63) is 46.4 Å². The van der Waals surface area contributed by atoms with E-state index in [2.05, 4.69) is 32.2 Å². The lowest BCUT2D eigenvalue weighted by Crippen LogP contribution is -2.44. The molecule has 1 N–H and O–H groups in total. The number of piperidine rings is 1. The molecule has 126 valence electrons. The molecule has 1 aliphatic rings. The van der Waals surface area contributed by atoms with Crippen molar-refractivity contribution in [1.29, 1.82) is 0 Å². The van der Waals surface area contributed by atoms with Crippen molar-refractivity contribution in [3.63, 3.8) is 0 Å². The van der Waals surface area contributed by atoms with Crippen molar-refractivity contribution in [2.45, 2.75) is 45.6 Å². The van der Waals surface area contributed by atoms with E-state index < -0.39 is 11.9 Å². The molecule has 0 saturated carbocycles. The van der Waals surface area contributed by atoms with Crippen LogP contribution in [-0.2, 0) is 9.59 Å². The van der Waals surface area contributed by atoms with Crippen molar-refractivity contribution < 1.29 is 9.59 Å². The molecular formula is C19H22N2O3. The molecule has 0 radical (unpaired) electrons. The summed E-state index contributed by atoms with van der Waals surface area (Å²) in [6.45, 7) is 6.53. The summed E-state index contributed by atoms with van der Waals surface area (Å²) < 4.78 is 1.44. The number of aromatic nitrogens is 1. The Morgan fingerprint density at radius 3 is 2.54 bits per heavy atom. The van der Waals surface area contributed by atoms with Crippen LogP contribution in [0.3, 0.4) is 0 Å². The molecule has 5 heteroatoms. The molecule has 0 bridgehead atoms. The van der Waals surface area contributed by atoms with Crippen LogP contribution >= 0.6 is 0 Å². The van der Waals surface area contributed by atoms with Crippen LogP contribution in [0.1, 0.15) is 51.1 Å². The first kappa shape index (κ1) is 16.4. The lowest BCUT2D eigenvalue weighted by Gasteiger charge is -2.23. The summed E-state index contributed by atoms with van der Waals surface area (Å²) in [5.41, 5.74) is 1.02. The lowest BCUT2D eigenvalue weighted by atomic mass is 9.89. The van der Waals surface area contributed by atoms with Crippen LogP contribution in [0.4, 0.5) is 0 Å². The number of nitrogens with one attached hydrogen (secondary N) is 1. The van der Waals surface area contributed by atoms with E-state index in [9.17, 15) is 14.4 Å². The summed E-state index contributed by atoms with van der Waals surface area (Å²) >= 11 is 0. The number of amides is 2. The molecule has 0 aliphatic carbocycles. The van der Waals surface area contributed by atoms with E-state index in [-0.39, 0.29) is 17.9 Å². The van der Waals surface area contributed by atoms with Gasteiger partial charge in [-0.2, -0.15) is 0 Å². The Balaban J connectivity index is 2.03. The summed E-state index contributed by atoms with van der Waals surface area (Å²) in [5, 5.41) is 3.78. The molecule has 3 rings (SSSR count). The smallest absolute Gasteiger partial charge is 0.259 e. The Morgan fingerprint density at radius 2 is 1.88 bits per heavy atom. The average molecular weight is 326 g/mol. The second kappa shape index (κ2) is 6.23. The van der Waals surface area contributed by atoms with Gasteiger partial charge in [0, 0.05) is 18.0 Å². The first-order valence-corrected chi connectivity index (χ1v) is 8.37. The number of fused-ring (bicyclic) bond motifs is 1. The predicted octanol–water partition coefficient (Wildman–Crippen LogP) is 2.74. The van der Waals surface area contributed by atoms with Gasteiger partial charge < -0.3 is 4.57 Å². The highest BCUT2D eigenvalue weighted by atomic mass is 16.2. The van der Waals surface area contributed by atoms with Crippen LogP contribution in [0.2, 0.25) is 0 Å². The zero-order chi connectivity index (χ0) is 17.4. The molecule has 1 aliphatic heterocycles. The maximum absolute atomic E-state index is 12.8. The molecule has 2 atom stereocenters. The van der Waals surface area contributed by atoms with Crippen molar-refractivity contribution in [3.8, 4) is 0 Å². The Bertz CT molecular complexity index is 867. The summed E-state index contributed by atoms with van der Waals surface area (Å²) in [6, 6.07) is 7.14. The molecule has 1 saturated heterocycles. The number of nitrogens with zero attached hydrogens (tertiary/aromatic N) is 1. The van der Waals surface area contributed by atoms with Gasteiger partial charge in [0.1, 0.15) is 6.04 Å². The highest BCUT2D eigenvalue weighted by molar-refractivity contribution is 5.99. The number of hydrogen-bond donors (Lipinski definition) is 1. The molecule has 2 heterocycles. The van der Waals surface area contributed by atoms with Crippen LogP contribution in [-0.4, -0.2) is 16.4 Å². The van der Waals surface area contributed by atoms with Gasteiger partial charge in [-0.3, -0.25) is 19.7 Å². The fraction of sp³-hybridized carbons (Fsp3) is 0.421. The Hall–Kier alpha value is -2.43. The van der Waals surface area contributed by atoms with E-state index in [0.717, 1.165) is 5.39 Å². The van der Waals surface area contributed by atoms with Crippen LogP contribution in [0.25, 0.3) is 10.8 Å². The van der Waals surface area contributed by atoms with Gasteiger partial charge >= 0.3 is 0 Å². The SMILES string of the molecule is CC(C)C(C)c1ccc2c(=O)n(C3CCC(=O)NC3=O)ccc2c1. The molecule has 1 aromatic heterocycles. The summed E-state index contributed by atoms with van der Waals surface area (Å²) in [4.78, 5) is 36.1. The Morgan fingerprint density at radius 1 is 1.12 bits per heavy atom. The van der Waals surface area contributed by atoms with Gasteiger partial charge in [-0.15, -0.1) is 0 Å². The van der Waals surface area contributed by atoms with E-state index in [4.69, 9.17) is 0 Å². The van der Waals surface area contributed by atoms with Crippen LogP contribution in [0.5, 0.6) is 0 Å². The zero-order valence-corrected chi connectivity index (χ0v) is 14.2. The van der Waals surface area contributed by atoms with E-state index in [1.165, 1.54) is 10.1 Å². The average Bonchev–Trinajstić information content (AvgIpc) is 2.55. The molecule has 2 amide bonds. The fourth-order valence-corrected chi connectivity index (χ4v) is 3.14. The number of hydrogen-bond acceptors (Lipinski definition) is 3. The highest BCUT2D eigenvalue weighted by Gasteiger charge is 2.28. The normalized spacial score (nSPS) is 19.6. The van der Waals surface area contributed by atoms with Gasteiger partial charge in [-0.25, -0.2) is 0 Å². The van der Waals surface area contributed by atoms with Crippen LogP contribution in [0.15, 0.2) is 35.3 Å². The molecule has 1 aromatic carbocycles. The zero-order valence-electron chi connectivity index (χ0n) is 14.2. The molecule has 24 heavy (non-hydrogen) atoms. The van der Waals surface area contributed by atoms with Gasteiger partial charge in [0.2, 0.25) is 11.8 Å². The molecule has 0 spiro atoms. The highest BCUT2D eigenvalue weighted by Crippen LogP contribution is 2.26.